The van der Waals surface area contributed by atoms with Gasteiger partial charge in [0, 0.05) is 25.5 Å². The van der Waals surface area contributed by atoms with Crippen LogP contribution in [0.3, 0.4) is 0 Å². The number of halogens is 1. The third kappa shape index (κ3) is 1.22. The molecule has 0 bridgehead atoms. The van der Waals surface area contributed by atoms with E-state index in [1.807, 2.05) is 6.20 Å². The minimum atomic E-state index is -0.308. The minimum Gasteiger partial charge on any atom is -0.334 e. The number of aryl methyl sites for hydroxylation is 1. The quantitative estimate of drug-likeness (QED) is 0.728. The lowest BCUT2D eigenvalue weighted by molar-refractivity contribution is 0.430. The van der Waals surface area contributed by atoms with E-state index in [1.54, 1.807) is 6.20 Å². The second kappa shape index (κ2) is 3.23. The Bertz CT molecular complexity index is 259. The zero-order chi connectivity index (χ0) is 8.39. The van der Waals surface area contributed by atoms with E-state index in [9.17, 15) is 4.39 Å². The van der Waals surface area contributed by atoms with E-state index in [1.165, 1.54) is 0 Å². The van der Waals surface area contributed by atoms with Gasteiger partial charge in [-0.05, 0) is 6.42 Å². The van der Waals surface area contributed by atoms with Crippen molar-refractivity contribution >= 4 is 0 Å². The molecule has 1 aliphatic heterocycles. The molecule has 1 N–H and O–H groups in total. The van der Waals surface area contributed by atoms with Crippen LogP contribution >= 0.6 is 0 Å². The van der Waals surface area contributed by atoms with Crippen molar-refractivity contribution < 1.29 is 4.39 Å². The van der Waals surface area contributed by atoms with Gasteiger partial charge in [-0.3, -0.25) is 0 Å². The van der Waals surface area contributed by atoms with Crippen LogP contribution < -0.4 is 5.32 Å². The van der Waals surface area contributed by atoms with Crippen molar-refractivity contribution in [3.05, 3.63) is 18.2 Å². The van der Waals surface area contributed by atoms with Crippen LogP contribution in [-0.4, -0.2) is 22.8 Å². The van der Waals surface area contributed by atoms with Crippen molar-refractivity contribution in [2.24, 2.45) is 0 Å². The summed E-state index contributed by atoms with van der Waals surface area (Å²) in [5, 5.41) is 3.12. The van der Waals surface area contributed by atoms with E-state index in [-0.39, 0.29) is 12.7 Å². The van der Waals surface area contributed by atoms with Crippen molar-refractivity contribution in [3.63, 3.8) is 0 Å². The molecule has 1 aromatic heterocycles. The lowest BCUT2D eigenvalue weighted by atomic mass is 10.2. The number of alkyl halides is 1. The zero-order valence-corrected chi connectivity index (χ0v) is 6.83. The van der Waals surface area contributed by atoms with Gasteiger partial charge in [-0.1, -0.05) is 0 Å². The Morgan fingerprint density at radius 2 is 2.67 bits per heavy atom. The number of aromatic nitrogens is 2. The molecule has 0 spiro atoms. The normalized spacial score (nSPS) is 21.2. The highest BCUT2D eigenvalue weighted by Gasteiger charge is 2.22. The lowest BCUT2D eigenvalue weighted by Crippen LogP contribution is -2.22. The van der Waals surface area contributed by atoms with Gasteiger partial charge in [0.1, 0.15) is 12.5 Å². The summed E-state index contributed by atoms with van der Waals surface area (Å²) < 4.78 is 14.0. The Morgan fingerprint density at radius 1 is 1.75 bits per heavy atom. The van der Waals surface area contributed by atoms with E-state index in [0.717, 1.165) is 18.8 Å². The molecule has 0 fully saturated rings. The van der Waals surface area contributed by atoms with Gasteiger partial charge in [0.25, 0.3) is 0 Å². The molecule has 12 heavy (non-hydrogen) atoms. The predicted octanol–water partition coefficient (Wildman–Crippen LogP) is 0.887. The Kier molecular flexibility index (Phi) is 2.08. The molecule has 2 rings (SSSR count). The third-order valence-corrected chi connectivity index (χ3v) is 2.20. The molecule has 1 aromatic rings. The molecule has 1 unspecified atom stereocenters. The smallest absolute Gasteiger partial charge is 0.125 e. The van der Waals surface area contributed by atoms with Gasteiger partial charge in [0.15, 0.2) is 0 Å². The van der Waals surface area contributed by atoms with Crippen molar-refractivity contribution in [1.82, 2.24) is 14.9 Å². The fraction of sp³-hybridized carbons (Fsp3) is 0.625. The maximum atomic E-state index is 11.9. The number of hydrogen-bond donors (Lipinski definition) is 1. The molecule has 0 radical (unpaired) electrons. The Labute approximate surface area is 70.6 Å². The molecule has 1 aliphatic rings. The van der Waals surface area contributed by atoms with Gasteiger partial charge in [0.05, 0.1) is 6.04 Å². The Hall–Kier alpha value is -0.900. The second-order valence-corrected chi connectivity index (χ2v) is 2.96. The lowest BCUT2D eigenvalue weighted by Gasteiger charge is -2.08. The second-order valence-electron chi connectivity index (χ2n) is 2.96. The summed E-state index contributed by atoms with van der Waals surface area (Å²) in [6, 6.07) is 0.260. The Balaban J connectivity index is 2.02. The highest BCUT2D eigenvalue weighted by atomic mass is 19.1. The maximum absolute atomic E-state index is 11.9. The molecular weight excluding hydrogens is 157 g/mol. The number of fused-ring (bicyclic) bond motifs is 1. The predicted molar refractivity (Wildman–Crippen MR) is 43.6 cm³/mol. The SMILES string of the molecule is FCCNC1CCn2ccnc21. The van der Waals surface area contributed by atoms with Gasteiger partial charge in [-0.15, -0.1) is 0 Å². The first-order valence-corrected chi connectivity index (χ1v) is 4.22. The summed E-state index contributed by atoms with van der Waals surface area (Å²) in [6.07, 6.45) is 4.79. The highest BCUT2D eigenvalue weighted by Crippen LogP contribution is 2.22. The molecule has 3 nitrogen and oxygen atoms in total. The number of nitrogens with zero attached hydrogens (tertiary/aromatic N) is 2. The van der Waals surface area contributed by atoms with Crippen LogP contribution in [0.15, 0.2) is 12.4 Å². The maximum Gasteiger partial charge on any atom is 0.125 e. The summed E-state index contributed by atoms with van der Waals surface area (Å²) in [4.78, 5) is 4.21. The highest BCUT2D eigenvalue weighted by molar-refractivity contribution is 5.04. The number of nitrogens with one attached hydrogen (secondary N) is 1. The van der Waals surface area contributed by atoms with Crippen molar-refractivity contribution in [3.8, 4) is 0 Å². The fourth-order valence-electron chi connectivity index (χ4n) is 1.64. The van der Waals surface area contributed by atoms with Crippen LogP contribution in [-0.2, 0) is 6.54 Å². The van der Waals surface area contributed by atoms with Crippen molar-refractivity contribution in [2.45, 2.75) is 19.0 Å². The summed E-state index contributed by atoms with van der Waals surface area (Å²) in [5.41, 5.74) is 0. The summed E-state index contributed by atoms with van der Waals surface area (Å²) in [5.74, 6) is 1.04. The number of imidazole rings is 1. The summed E-state index contributed by atoms with van der Waals surface area (Å²) in [6.45, 7) is 1.12. The summed E-state index contributed by atoms with van der Waals surface area (Å²) in [7, 11) is 0. The monoisotopic (exact) mass is 169 g/mol. The van der Waals surface area contributed by atoms with Crippen LogP contribution in [0, 0.1) is 0 Å². The molecule has 0 amide bonds. The molecule has 0 aliphatic carbocycles. The zero-order valence-electron chi connectivity index (χ0n) is 6.83. The average Bonchev–Trinajstić information content (AvgIpc) is 2.62. The third-order valence-electron chi connectivity index (χ3n) is 2.20. The molecule has 1 atom stereocenters. The molecular formula is C8H12FN3. The molecule has 0 aromatic carbocycles. The first-order valence-electron chi connectivity index (χ1n) is 4.22. The fourth-order valence-corrected chi connectivity index (χ4v) is 1.64. The van der Waals surface area contributed by atoms with Crippen molar-refractivity contribution in [1.29, 1.82) is 0 Å². The van der Waals surface area contributed by atoms with Crippen LogP contribution in [0.25, 0.3) is 0 Å². The van der Waals surface area contributed by atoms with Gasteiger partial charge in [0.2, 0.25) is 0 Å². The molecule has 66 valence electrons. The molecule has 4 heteroatoms. The molecule has 2 heterocycles. The van der Waals surface area contributed by atoms with Crippen LogP contribution in [0.2, 0.25) is 0 Å². The number of rotatable bonds is 3. The van der Waals surface area contributed by atoms with E-state index in [0.29, 0.717) is 6.54 Å². The van der Waals surface area contributed by atoms with Gasteiger partial charge < -0.3 is 9.88 Å². The van der Waals surface area contributed by atoms with Gasteiger partial charge >= 0.3 is 0 Å². The van der Waals surface area contributed by atoms with Crippen molar-refractivity contribution in [2.75, 3.05) is 13.2 Å². The van der Waals surface area contributed by atoms with Crippen LogP contribution in [0.4, 0.5) is 4.39 Å². The first-order chi connectivity index (χ1) is 5.92. The molecule has 0 saturated heterocycles. The largest absolute Gasteiger partial charge is 0.334 e. The van der Waals surface area contributed by atoms with Crippen LogP contribution in [0.1, 0.15) is 18.3 Å². The van der Waals surface area contributed by atoms with E-state index >= 15 is 0 Å². The van der Waals surface area contributed by atoms with E-state index < -0.39 is 0 Å². The minimum absolute atomic E-state index is 0.260. The van der Waals surface area contributed by atoms with Gasteiger partial charge in [-0.25, -0.2) is 9.37 Å². The molecule has 0 saturated carbocycles. The average molecular weight is 169 g/mol. The van der Waals surface area contributed by atoms with Crippen LogP contribution in [0.5, 0.6) is 0 Å². The van der Waals surface area contributed by atoms with E-state index in [2.05, 4.69) is 14.9 Å². The standard InChI is InChI=1S/C8H12FN3/c9-2-3-10-7-1-5-12-6-4-11-8(7)12/h4,6-7,10H,1-3,5H2. The van der Waals surface area contributed by atoms with E-state index in [4.69, 9.17) is 0 Å². The topological polar surface area (TPSA) is 29.9 Å². The van der Waals surface area contributed by atoms with Gasteiger partial charge in [-0.2, -0.15) is 0 Å². The first kappa shape index (κ1) is 7.73. The summed E-state index contributed by atoms with van der Waals surface area (Å²) >= 11 is 0. The Morgan fingerprint density at radius 3 is 3.50 bits per heavy atom. The number of hydrogen-bond acceptors (Lipinski definition) is 2.